The fraction of sp³-hybridized carbons (Fsp3) is 0.400. The molecule has 0 saturated heterocycles. The molecule has 12 heavy (non-hydrogen) atoms. The van der Waals surface area contributed by atoms with Crippen LogP contribution in [-0.2, 0) is 0 Å². The largest absolute Gasteiger partial charge is 1.00 e. The fourth-order valence-electron chi connectivity index (χ4n) is 1.12. The van der Waals surface area contributed by atoms with Crippen molar-refractivity contribution in [3.8, 4) is 5.75 Å². The molecule has 1 nitrogen and oxygen atoms in total. The summed E-state index contributed by atoms with van der Waals surface area (Å²) in [5.41, 5.74) is 1.95. The van der Waals surface area contributed by atoms with Crippen LogP contribution in [-0.4, -0.2) is 0 Å². The number of aryl methyl sites for hydroxylation is 1. The van der Waals surface area contributed by atoms with Gasteiger partial charge in [-0.25, -0.2) is 0 Å². The van der Waals surface area contributed by atoms with Gasteiger partial charge in [0, 0.05) is 0 Å². The Morgan fingerprint density at radius 3 is 2.25 bits per heavy atom. The van der Waals surface area contributed by atoms with E-state index >= 15 is 0 Å². The Morgan fingerprint density at radius 1 is 1.25 bits per heavy atom. The van der Waals surface area contributed by atoms with E-state index in [-0.39, 0.29) is 24.6 Å². The van der Waals surface area contributed by atoms with Gasteiger partial charge in [0.2, 0.25) is 0 Å². The van der Waals surface area contributed by atoms with E-state index in [4.69, 9.17) is 0 Å². The first kappa shape index (κ1) is 11.6. The average Bonchev–Trinajstić information content (AvgIpc) is 1.85. The molecule has 0 radical (unpaired) electrons. The topological polar surface area (TPSA) is 23.1 Å². The van der Waals surface area contributed by atoms with Crippen molar-refractivity contribution in [2.24, 2.45) is 0 Å². The molecule has 0 aliphatic heterocycles. The molecule has 0 aromatic heterocycles. The maximum Gasteiger partial charge on any atom is 1.00 e. The van der Waals surface area contributed by atoms with Crippen molar-refractivity contribution >= 4 is 0 Å². The van der Waals surface area contributed by atoms with Crippen LogP contribution in [0.4, 0.5) is 0 Å². The van der Waals surface area contributed by atoms with Crippen molar-refractivity contribution in [2.75, 3.05) is 0 Å². The van der Waals surface area contributed by atoms with E-state index in [2.05, 4.69) is 0 Å². The molecular weight excluding hydrogens is 143 g/mol. The van der Waals surface area contributed by atoms with Gasteiger partial charge in [0.1, 0.15) is 0 Å². The van der Waals surface area contributed by atoms with Gasteiger partial charge in [-0.15, -0.1) is 5.75 Å². The van der Waals surface area contributed by atoms with Gasteiger partial charge in [0.25, 0.3) is 0 Å². The quantitative estimate of drug-likeness (QED) is 0.488. The summed E-state index contributed by atoms with van der Waals surface area (Å²) in [6.45, 7) is 6.00. The van der Waals surface area contributed by atoms with Crippen molar-refractivity contribution in [1.29, 1.82) is 0 Å². The third kappa shape index (κ3) is 2.59. The normalized spacial score (nSPS) is 9.67. The van der Waals surface area contributed by atoms with E-state index in [9.17, 15) is 5.11 Å². The van der Waals surface area contributed by atoms with Crippen LogP contribution < -0.4 is 24.0 Å². The molecule has 1 aromatic rings. The number of benzene rings is 1. The van der Waals surface area contributed by atoms with E-state index in [1.54, 1.807) is 6.07 Å². The third-order valence-electron chi connectivity index (χ3n) is 1.79. The zero-order valence-corrected chi connectivity index (χ0v) is 8.22. The number of rotatable bonds is 1. The maximum absolute atomic E-state index is 11.3. The summed E-state index contributed by atoms with van der Waals surface area (Å²) in [4.78, 5) is 0. The van der Waals surface area contributed by atoms with Crippen LogP contribution in [0.3, 0.4) is 0 Å². The molecule has 1 rings (SSSR count). The predicted molar refractivity (Wildman–Crippen MR) is 44.7 cm³/mol. The summed E-state index contributed by atoms with van der Waals surface area (Å²) in [7, 11) is 0. The minimum atomic E-state index is 0. The van der Waals surface area contributed by atoms with Gasteiger partial charge in [0.15, 0.2) is 0 Å². The Labute approximate surface area is 86.0 Å². The molecular formula is C10H13LiO. The number of hydrogen-bond donors (Lipinski definition) is 0. The van der Waals surface area contributed by atoms with Gasteiger partial charge in [-0.1, -0.05) is 43.2 Å². The van der Waals surface area contributed by atoms with Gasteiger partial charge in [-0.05, 0) is 12.8 Å². The third-order valence-corrected chi connectivity index (χ3v) is 1.79. The van der Waals surface area contributed by atoms with E-state index in [1.165, 1.54) is 0 Å². The van der Waals surface area contributed by atoms with Gasteiger partial charge < -0.3 is 5.11 Å². The first-order valence-electron chi connectivity index (χ1n) is 3.89. The summed E-state index contributed by atoms with van der Waals surface area (Å²) < 4.78 is 0. The molecule has 0 unspecified atom stereocenters. The van der Waals surface area contributed by atoms with Crippen LogP contribution in [0.15, 0.2) is 18.2 Å². The van der Waals surface area contributed by atoms with E-state index < -0.39 is 0 Å². The van der Waals surface area contributed by atoms with Crippen molar-refractivity contribution < 1.29 is 24.0 Å². The van der Waals surface area contributed by atoms with Gasteiger partial charge in [-0.3, -0.25) is 0 Å². The zero-order chi connectivity index (χ0) is 8.43. The minimum Gasteiger partial charge on any atom is -0.872 e. The van der Waals surface area contributed by atoms with Gasteiger partial charge >= 0.3 is 18.9 Å². The van der Waals surface area contributed by atoms with Crippen molar-refractivity contribution in [1.82, 2.24) is 0 Å². The first-order chi connectivity index (χ1) is 5.11. The van der Waals surface area contributed by atoms with E-state index in [1.807, 2.05) is 32.9 Å². The molecule has 0 amide bonds. The SMILES string of the molecule is Cc1ccc(C(C)C)c([O-])c1.[Li+]. The van der Waals surface area contributed by atoms with Crippen molar-refractivity contribution in [2.45, 2.75) is 26.7 Å². The monoisotopic (exact) mass is 156 g/mol. The summed E-state index contributed by atoms with van der Waals surface area (Å²) >= 11 is 0. The molecule has 1 aromatic carbocycles. The molecule has 0 spiro atoms. The smallest absolute Gasteiger partial charge is 0.872 e. The van der Waals surface area contributed by atoms with Crippen LogP contribution in [0.5, 0.6) is 5.75 Å². The molecule has 0 saturated carbocycles. The standard InChI is InChI=1S/C10H14O.Li/c1-7(2)9-5-4-8(3)6-10(9)11;/h4-7,11H,1-3H3;/q;+1/p-1. The molecule has 0 atom stereocenters. The number of hydrogen-bond acceptors (Lipinski definition) is 1. The van der Waals surface area contributed by atoms with Crippen LogP contribution >= 0.6 is 0 Å². The summed E-state index contributed by atoms with van der Waals surface area (Å²) in [5, 5.41) is 11.3. The Kier molecular flexibility index (Phi) is 4.45. The second-order valence-electron chi connectivity index (χ2n) is 3.20. The Hall–Kier alpha value is -0.383. The second-order valence-corrected chi connectivity index (χ2v) is 3.20. The molecule has 0 N–H and O–H groups in total. The van der Waals surface area contributed by atoms with Crippen LogP contribution in [0.2, 0.25) is 0 Å². The van der Waals surface area contributed by atoms with E-state index in [0.29, 0.717) is 5.92 Å². The van der Waals surface area contributed by atoms with Crippen LogP contribution in [0.1, 0.15) is 30.9 Å². The molecule has 0 aliphatic carbocycles. The predicted octanol–water partition coefficient (Wildman–Crippen LogP) is -0.804. The van der Waals surface area contributed by atoms with Crippen molar-refractivity contribution in [3.63, 3.8) is 0 Å². The first-order valence-corrected chi connectivity index (χ1v) is 3.89. The molecule has 0 bridgehead atoms. The van der Waals surface area contributed by atoms with Crippen LogP contribution in [0, 0.1) is 6.92 Å². The summed E-state index contributed by atoms with van der Waals surface area (Å²) in [6.07, 6.45) is 0. The summed E-state index contributed by atoms with van der Waals surface area (Å²) in [5.74, 6) is 0.503. The Balaban J connectivity index is 0.00000121. The van der Waals surface area contributed by atoms with Crippen molar-refractivity contribution in [3.05, 3.63) is 29.3 Å². The van der Waals surface area contributed by atoms with E-state index in [0.717, 1.165) is 11.1 Å². The average molecular weight is 156 g/mol. The van der Waals surface area contributed by atoms with Gasteiger partial charge in [-0.2, -0.15) is 0 Å². The second kappa shape index (κ2) is 4.60. The molecule has 0 heterocycles. The maximum atomic E-state index is 11.3. The molecule has 60 valence electrons. The minimum absolute atomic E-state index is 0. The zero-order valence-electron chi connectivity index (χ0n) is 8.22. The molecule has 0 fully saturated rings. The Morgan fingerprint density at radius 2 is 1.83 bits per heavy atom. The molecule has 0 aliphatic rings. The van der Waals surface area contributed by atoms with Crippen LogP contribution in [0.25, 0.3) is 0 Å². The summed E-state index contributed by atoms with van der Waals surface area (Å²) in [6, 6.07) is 5.59. The van der Waals surface area contributed by atoms with Gasteiger partial charge in [0.05, 0.1) is 0 Å². The molecule has 2 heteroatoms. The Bertz CT molecular complexity index is 256. The fourth-order valence-corrected chi connectivity index (χ4v) is 1.12.